The van der Waals surface area contributed by atoms with Crippen molar-refractivity contribution in [2.45, 2.75) is 17.9 Å². The number of anilines is 1. The molecule has 132 valence electrons. The van der Waals surface area contributed by atoms with Crippen molar-refractivity contribution in [1.29, 1.82) is 0 Å². The number of phenols is 1. The third kappa shape index (κ3) is 2.37. The summed E-state index contributed by atoms with van der Waals surface area (Å²) in [7, 11) is -4.02. The Morgan fingerprint density at radius 2 is 1.62 bits per heavy atom. The number of nitrogens with zero attached hydrogens (tertiary/aromatic N) is 1. The summed E-state index contributed by atoms with van der Waals surface area (Å²) in [6, 6.07) is 17.6. The lowest BCUT2D eigenvalue weighted by Crippen LogP contribution is -2.36. The van der Waals surface area contributed by atoms with Gasteiger partial charge in [-0.3, -0.25) is 4.31 Å². The largest absolute Gasteiger partial charge is 0.505 e. The van der Waals surface area contributed by atoms with E-state index in [-0.39, 0.29) is 4.90 Å². The Labute approximate surface area is 151 Å². The predicted octanol–water partition coefficient (Wildman–Crippen LogP) is 4.47. The van der Waals surface area contributed by atoms with Crippen LogP contribution in [0.3, 0.4) is 0 Å². The second kappa shape index (κ2) is 5.85. The summed E-state index contributed by atoms with van der Waals surface area (Å²) in [4.78, 5) is -0.200. The number of phenolic OH excluding ortho intramolecular Hbond substituents is 1. The van der Waals surface area contributed by atoms with E-state index in [0.29, 0.717) is 5.69 Å². The molecule has 0 spiro atoms. The lowest BCUT2D eigenvalue weighted by molar-refractivity contribution is 0.431. The van der Waals surface area contributed by atoms with Gasteiger partial charge in [0.15, 0.2) is 11.6 Å². The van der Waals surface area contributed by atoms with Crippen LogP contribution < -0.4 is 4.31 Å². The standard InChI is InChI=1S/C20H16FNO3S/c1-13-15-6-2-3-7-16(15)17-8-4-5-9-19(17)22(13)26(24,25)14-10-11-20(23)18(21)12-14/h2-13,23H,1H3. The van der Waals surface area contributed by atoms with Crippen molar-refractivity contribution in [3.63, 3.8) is 0 Å². The first-order chi connectivity index (χ1) is 12.4. The van der Waals surface area contributed by atoms with Gasteiger partial charge in [0.05, 0.1) is 16.6 Å². The molecule has 0 radical (unpaired) electrons. The van der Waals surface area contributed by atoms with Crippen LogP contribution in [0.5, 0.6) is 5.75 Å². The van der Waals surface area contributed by atoms with Gasteiger partial charge in [-0.25, -0.2) is 12.8 Å². The molecule has 0 saturated carbocycles. The van der Waals surface area contributed by atoms with Crippen LogP contribution in [0.2, 0.25) is 0 Å². The fourth-order valence-electron chi connectivity index (χ4n) is 3.43. The lowest BCUT2D eigenvalue weighted by Gasteiger charge is -2.37. The summed E-state index contributed by atoms with van der Waals surface area (Å²) >= 11 is 0. The van der Waals surface area contributed by atoms with Crippen LogP contribution in [0, 0.1) is 5.82 Å². The number of rotatable bonds is 2. The second-order valence-corrected chi connectivity index (χ2v) is 8.01. The van der Waals surface area contributed by atoms with Crippen LogP contribution in [0.15, 0.2) is 71.6 Å². The molecule has 1 heterocycles. The quantitative estimate of drug-likeness (QED) is 0.725. The molecule has 6 heteroatoms. The number of fused-ring (bicyclic) bond motifs is 3. The smallest absolute Gasteiger partial charge is 0.265 e. The molecule has 3 aromatic rings. The van der Waals surface area contributed by atoms with E-state index in [2.05, 4.69) is 0 Å². The Hall–Kier alpha value is -2.86. The zero-order valence-corrected chi connectivity index (χ0v) is 14.7. The summed E-state index contributed by atoms with van der Waals surface area (Å²) in [5, 5.41) is 9.38. The first-order valence-corrected chi connectivity index (χ1v) is 9.56. The fourth-order valence-corrected chi connectivity index (χ4v) is 5.10. The molecule has 1 atom stereocenters. The van der Waals surface area contributed by atoms with Crippen molar-refractivity contribution in [3.8, 4) is 16.9 Å². The van der Waals surface area contributed by atoms with Gasteiger partial charge < -0.3 is 5.11 Å². The van der Waals surface area contributed by atoms with Gasteiger partial charge in [0.2, 0.25) is 0 Å². The molecule has 0 saturated heterocycles. The molecule has 4 nitrogen and oxygen atoms in total. The summed E-state index contributed by atoms with van der Waals surface area (Å²) in [5.74, 6) is -1.55. The van der Waals surface area contributed by atoms with Crippen molar-refractivity contribution in [2.24, 2.45) is 0 Å². The van der Waals surface area contributed by atoms with Gasteiger partial charge >= 0.3 is 0 Å². The Bertz CT molecular complexity index is 1110. The minimum absolute atomic E-state index is 0.200. The highest BCUT2D eigenvalue weighted by Crippen LogP contribution is 2.46. The van der Waals surface area contributed by atoms with E-state index in [1.165, 1.54) is 10.4 Å². The van der Waals surface area contributed by atoms with Crippen LogP contribution in [0.4, 0.5) is 10.1 Å². The van der Waals surface area contributed by atoms with Gasteiger partial charge in [-0.1, -0.05) is 42.5 Å². The molecule has 3 aromatic carbocycles. The van der Waals surface area contributed by atoms with E-state index < -0.39 is 27.6 Å². The van der Waals surface area contributed by atoms with Gasteiger partial charge in [0.1, 0.15) is 0 Å². The van der Waals surface area contributed by atoms with Crippen molar-refractivity contribution in [2.75, 3.05) is 4.31 Å². The van der Waals surface area contributed by atoms with E-state index in [1.807, 2.05) is 43.3 Å². The molecular weight excluding hydrogens is 353 g/mol. The molecule has 1 aliphatic rings. The summed E-state index contributed by atoms with van der Waals surface area (Å²) < 4.78 is 41.7. The van der Waals surface area contributed by atoms with Crippen LogP contribution in [-0.2, 0) is 10.0 Å². The van der Waals surface area contributed by atoms with Crippen molar-refractivity contribution in [3.05, 3.63) is 78.1 Å². The van der Waals surface area contributed by atoms with E-state index in [9.17, 15) is 17.9 Å². The maximum absolute atomic E-state index is 13.8. The van der Waals surface area contributed by atoms with Gasteiger partial charge in [0.25, 0.3) is 10.0 Å². The van der Waals surface area contributed by atoms with Crippen LogP contribution in [0.25, 0.3) is 11.1 Å². The number of benzene rings is 3. The fraction of sp³-hybridized carbons (Fsp3) is 0.100. The second-order valence-electron chi connectivity index (χ2n) is 6.19. The summed E-state index contributed by atoms with van der Waals surface area (Å²) in [5.41, 5.74) is 3.23. The topological polar surface area (TPSA) is 57.6 Å². The number of sulfonamides is 1. The Morgan fingerprint density at radius 1 is 0.962 bits per heavy atom. The Kier molecular flexibility index (Phi) is 3.73. The Morgan fingerprint density at radius 3 is 2.35 bits per heavy atom. The van der Waals surface area contributed by atoms with E-state index in [1.54, 1.807) is 12.1 Å². The van der Waals surface area contributed by atoms with Crippen molar-refractivity contribution >= 4 is 15.7 Å². The first-order valence-electron chi connectivity index (χ1n) is 8.12. The summed E-state index contributed by atoms with van der Waals surface area (Å²) in [6.45, 7) is 1.81. The van der Waals surface area contributed by atoms with Gasteiger partial charge in [0, 0.05) is 5.56 Å². The van der Waals surface area contributed by atoms with Gasteiger partial charge in [-0.05, 0) is 42.3 Å². The molecule has 1 N–H and O–H groups in total. The molecule has 1 unspecified atom stereocenters. The third-order valence-corrected chi connectivity index (χ3v) is 6.55. The van der Waals surface area contributed by atoms with Crippen LogP contribution >= 0.6 is 0 Å². The average Bonchev–Trinajstić information content (AvgIpc) is 2.64. The third-order valence-electron chi connectivity index (χ3n) is 4.67. The van der Waals surface area contributed by atoms with Crippen molar-refractivity contribution in [1.82, 2.24) is 0 Å². The number of aromatic hydroxyl groups is 1. The molecular formula is C20H16FNO3S. The molecule has 1 aliphatic heterocycles. The highest BCUT2D eigenvalue weighted by molar-refractivity contribution is 7.92. The highest BCUT2D eigenvalue weighted by atomic mass is 32.2. The summed E-state index contributed by atoms with van der Waals surface area (Å²) in [6.07, 6.45) is 0. The first kappa shape index (κ1) is 16.6. The number of para-hydroxylation sites is 1. The normalized spacial score (nSPS) is 16.1. The van der Waals surface area contributed by atoms with E-state index in [4.69, 9.17) is 0 Å². The maximum atomic E-state index is 13.8. The monoisotopic (exact) mass is 369 g/mol. The molecule has 0 aliphatic carbocycles. The molecule has 0 amide bonds. The minimum atomic E-state index is -4.02. The van der Waals surface area contributed by atoms with Gasteiger partial charge in [-0.15, -0.1) is 0 Å². The zero-order valence-electron chi connectivity index (χ0n) is 13.9. The van der Waals surface area contributed by atoms with Crippen LogP contribution in [-0.4, -0.2) is 13.5 Å². The SMILES string of the molecule is CC1c2ccccc2-c2ccccc2N1S(=O)(=O)c1ccc(O)c(F)c1. The molecule has 4 rings (SSSR count). The number of hydrogen-bond donors (Lipinski definition) is 1. The van der Waals surface area contributed by atoms with E-state index >= 15 is 0 Å². The minimum Gasteiger partial charge on any atom is -0.505 e. The molecule has 0 fully saturated rings. The van der Waals surface area contributed by atoms with Gasteiger partial charge in [-0.2, -0.15) is 0 Å². The lowest BCUT2D eigenvalue weighted by atomic mass is 9.90. The van der Waals surface area contributed by atoms with E-state index in [0.717, 1.165) is 28.8 Å². The average molecular weight is 369 g/mol. The number of halogens is 1. The van der Waals surface area contributed by atoms with Crippen LogP contribution in [0.1, 0.15) is 18.5 Å². The number of hydrogen-bond acceptors (Lipinski definition) is 3. The zero-order chi connectivity index (χ0) is 18.5. The predicted molar refractivity (Wildman–Crippen MR) is 98.0 cm³/mol. The molecule has 0 aromatic heterocycles. The molecule has 0 bridgehead atoms. The molecule has 26 heavy (non-hydrogen) atoms. The maximum Gasteiger partial charge on any atom is 0.265 e. The Balaban J connectivity index is 1.95. The highest BCUT2D eigenvalue weighted by Gasteiger charge is 2.36. The van der Waals surface area contributed by atoms with Crippen molar-refractivity contribution < 1.29 is 17.9 Å².